The quantitative estimate of drug-likeness (QED) is 0.855. The lowest BCUT2D eigenvalue weighted by molar-refractivity contribution is -0.137. The number of benzene rings is 1. The third kappa shape index (κ3) is 8.73. The van der Waals surface area contributed by atoms with Crippen LogP contribution in [0.15, 0.2) is 24.3 Å². The first-order valence-corrected chi connectivity index (χ1v) is 7.13. The first-order valence-electron chi connectivity index (χ1n) is 7.13. The van der Waals surface area contributed by atoms with Gasteiger partial charge < -0.3 is 10.2 Å². The minimum atomic E-state index is -4.09. The van der Waals surface area contributed by atoms with Gasteiger partial charge in [-0.25, -0.2) is 0 Å². The van der Waals surface area contributed by atoms with Crippen molar-refractivity contribution in [2.75, 3.05) is 13.6 Å². The van der Waals surface area contributed by atoms with Crippen molar-refractivity contribution < 1.29 is 13.2 Å². The van der Waals surface area contributed by atoms with Crippen LogP contribution in [0, 0.1) is 0 Å². The Hall–Kier alpha value is -1.07. The van der Waals surface area contributed by atoms with E-state index in [1.807, 2.05) is 24.3 Å². The second kappa shape index (κ2) is 7.27. The van der Waals surface area contributed by atoms with E-state index >= 15 is 0 Å². The van der Waals surface area contributed by atoms with E-state index in [9.17, 15) is 13.2 Å². The van der Waals surface area contributed by atoms with Crippen LogP contribution in [0.3, 0.4) is 0 Å². The van der Waals surface area contributed by atoms with Crippen molar-refractivity contribution in [3.63, 3.8) is 0 Å². The molecule has 0 heterocycles. The number of hydrogen-bond donors (Lipinski definition) is 1. The Bertz CT molecular complexity index is 436. The highest BCUT2D eigenvalue weighted by atomic mass is 19.4. The van der Waals surface area contributed by atoms with Crippen LogP contribution in [0.1, 0.15) is 38.3 Å². The number of nitrogens with zero attached hydrogens (tertiary/aromatic N) is 1. The minimum Gasteiger partial charge on any atom is -0.308 e. The molecule has 0 aliphatic rings. The normalized spacial score (nSPS) is 13.0. The third-order valence-electron chi connectivity index (χ3n) is 3.04. The molecule has 21 heavy (non-hydrogen) atoms. The van der Waals surface area contributed by atoms with Crippen LogP contribution in [0.4, 0.5) is 13.2 Å². The molecule has 1 aromatic rings. The van der Waals surface area contributed by atoms with Crippen LogP contribution >= 0.6 is 0 Å². The van der Waals surface area contributed by atoms with E-state index in [1.165, 1.54) is 0 Å². The van der Waals surface area contributed by atoms with Crippen LogP contribution in [-0.2, 0) is 13.1 Å². The fourth-order valence-corrected chi connectivity index (χ4v) is 1.91. The number of halogens is 3. The van der Waals surface area contributed by atoms with E-state index in [-0.39, 0.29) is 12.1 Å². The van der Waals surface area contributed by atoms with Crippen LogP contribution in [0.5, 0.6) is 0 Å². The molecule has 5 heteroatoms. The molecule has 0 amide bonds. The van der Waals surface area contributed by atoms with E-state index in [0.29, 0.717) is 6.54 Å². The van der Waals surface area contributed by atoms with Gasteiger partial charge in [0, 0.05) is 25.2 Å². The standard InChI is InChI=1S/C16H25F3N2/c1-15(2,3)20-11-13-6-5-7-14(10-13)12-21(4)9-8-16(17,18)19/h5-7,10,20H,8-9,11-12H2,1-4H3. The Morgan fingerprint density at radius 3 is 2.29 bits per heavy atom. The molecule has 1 aromatic carbocycles. The average molecular weight is 302 g/mol. The number of hydrogen-bond acceptors (Lipinski definition) is 2. The monoisotopic (exact) mass is 302 g/mol. The number of alkyl halides is 3. The van der Waals surface area contributed by atoms with E-state index in [2.05, 4.69) is 26.1 Å². The lowest BCUT2D eigenvalue weighted by Gasteiger charge is -2.21. The summed E-state index contributed by atoms with van der Waals surface area (Å²) in [6, 6.07) is 7.97. The first-order chi connectivity index (χ1) is 9.55. The van der Waals surface area contributed by atoms with Crippen molar-refractivity contribution in [3.05, 3.63) is 35.4 Å². The molecular formula is C16H25F3N2. The highest BCUT2D eigenvalue weighted by molar-refractivity contribution is 5.23. The molecule has 2 nitrogen and oxygen atoms in total. The topological polar surface area (TPSA) is 15.3 Å². The summed E-state index contributed by atoms with van der Waals surface area (Å²) in [5.74, 6) is 0. The minimum absolute atomic E-state index is 0.0218. The van der Waals surface area contributed by atoms with Gasteiger partial charge in [-0.3, -0.25) is 0 Å². The molecule has 120 valence electrons. The van der Waals surface area contributed by atoms with Crippen molar-refractivity contribution >= 4 is 0 Å². The lowest BCUT2D eigenvalue weighted by Crippen LogP contribution is -2.35. The molecule has 0 atom stereocenters. The summed E-state index contributed by atoms with van der Waals surface area (Å²) in [4.78, 5) is 1.70. The second-order valence-corrected chi connectivity index (χ2v) is 6.53. The third-order valence-corrected chi connectivity index (χ3v) is 3.04. The maximum Gasteiger partial charge on any atom is 0.390 e. The fraction of sp³-hybridized carbons (Fsp3) is 0.625. The zero-order chi connectivity index (χ0) is 16.1. The molecule has 1 N–H and O–H groups in total. The second-order valence-electron chi connectivity index (χ2n) is 6.53. The maximum atomic E-state index is 12.2. The highest BCUT2D eigenvalue weighted by Crippen LogP contribution is 2.20. The van der Waals surface area contributed by atoms with Gasteiger partial charge in [0.25, 0.3) is 0 Å². The maximum absolute atomic E-state index is 12.2. The van der Waals surface area contributed by atoms with Gasteiger partial charge in [-0.2, -0.15) is 13.2 Å². The summed E-state index contributed by atoms with van der Waals surface area (Å²) in [6.07, 6.45) is -4.86. The number of nitrogens with one attached hydrogen (secondary N) is 1. The Kier molecular flexibility index (Phi) is 6.23. The Balaban J connectivity index is 2.52. The van der Waals surface area contributed by atoms with Crippen molar-refractivity contribution in [1.29, 1.82) is 0 Å². The Morgan fingerprint density at radius 1 is 1.10 bits per heavy atom. The van der Waals surface area contributed by atoms with Crippen LogP contribution in [-0.4, -0.2) is 30.2 Å². The lowest BCUT2D eigenvalue weighted by atomic mass is 10.1. The average Bonchev–Trinajstić information content (AvgIpc) is 2.33. The van der Waals surface area contributed by atoms with Crippen molar-refractivity contribution in [3.8, 4) is 0 Å². The molecule has 0 saturated carbocycles. The Labute approximate surface area is 125 Å². The van der Waals surface area contributed by atoms with Crippen molar-refractivity contribution in [2.45, 2.75) is 52.0 Å². The SMILES string of the molecule is CN(CCC(F)(F)F)Cc1cccc(CNC(C)(C)C)c1. The number of rotatable bonds is 6. The zero-order valence-corrected chi connectivity index (χ0v) is 13.2. The molecule has 0 fully saturated rings. The van der Waals surface area contributed by atoms with E-state index in [4.69, 9.17) is 0 Å². The summed E-state index contributed by atoms with van der Waals surface area (Å²) >= 11 is 0. The summed E-state index contributed by atoms with van der Waals surface area (Å²) in [7, 11) is 1.71. The zero-order valence-electron chi connectivity index (χ0n) is 13.2. The molecule has 0 unspecified atom stereocenters. The molecule has 0 radical (unpaired) electrons. The largest absolute Gasteiger partial charge is 0.390 e. The van der Waals surface area contributed by atoms with Gasteiger partial charge in [0.15, 0.2) is 0 Å². The molecule has 0 aromatic heterocycles. The van der Waals surface area contributed by atoms with Crippen LogP contribution in [0.2, 0.25) is 0 Å². The predicted octanol–water partition coefficient (Wildman–Crippen LogP) is 3.96. The van der Waals surface area contributed by atoms with Gasteiger partial charge in [-0.1, -0.05) is 24.3 Å². The van der Waals surface area contributed by atoms with Gasteiger partial charge in [0.05, 0.1) is 6.42 Å². The molecule has 1 rings (SSSR count). The van der Waals surface area contributed by atoms with Crippen molar-refractivity contribution in [2.24, 2.45) is 0 Å². The van der Waals surface area contributed by atoms with Gasteiger partial charge in [-0.05, 0) is 38.9 Å². The van der Waals surface area contributed by atoms with Crippen molar-refractivity contribution in [1.82, 2.24) is 10.2 Å². The summed E-state index contributed by atoms with van der Waals surface area (Å²) in [5.41, 5.74) is 2.22. The van der Waals surface area contributed by atoms with Gasteiger partial charge in [0.2, 0.25) is 0 Å². The molecule has 0 saturated heterocycles. The predicted molar refractivity (Wildman–Crippen MR) is 80.0 cm³/mol. The van der Waals surface area contributed by atoms with Crippen LogP contribution in [0.25, 0.3) is 0 Å². The van der Waals surface area contributed by atoms with E-state index in [1.54, 1.807) is 11.9 Å². The van der Waals surface area contributed by atoms with E-state index < -0.39 is 12.6 Å². The van der Waals surface area contributed by atoms with Gasteiger partial charge in [-0.15, -0.1) is 0 Å². The Morgan fingerprint density at radius 2 is 1.71 bits per heavy atom. The fourth-order valence-electron chi connectivity index (χ4n) is 1.91. The summed E-state index contributed by atoms with van der Waals surface area (Å²) < 4.78 is 36.6. The highest BCUT2D eigenvalue weighted by Gasteiger charge is 2.27. The molecule has 0 aliphatic carbocycles. The smallest absolute Gasteiger partial charge is 0.308 e. The van der Waals surface area contributed by atoms with E-state index in [0.717, 1.165) is 17.7 Å². The van der Waals surface area contributed by atoms with Crippen LogP contribution < -0.4 is 5.32 Å². The molecular weight excluding hydrogens is 277 g/mol. The first kappa shape index (κ1) is 18.0. The summed E-state index contributed by atoms with van der Waals surface area (Å²) in [6.45, 7) is 7.60. The van der Waals surface area contributed by atoms with Gasteiger partial charge >= 0.3 is 6.18 Å². The molecule has 0 spiro atoms. The molecule has 0 aliphatic heterocycles. The summed E-state index contributed by atoms with van der Waals surface area (Å²) in [5, 5.41) is 3.40. The molecule has 0 bridgehead atoms. The van der Waals surface area contributed by atoms with Gasteiger partial charge in [0.1, 0.15) is 0 Å².